The molecular formula is C21H26N2O2. The van der Waals surface area contributed by atoms with Crippen molar-refractivity contribution in [2.75, 3.05) is 20.2 Å². The number of hydrogen-bond acceptors (Lipinski definition) is 4. The van der Waals surface area contributed by atoms with Crippen molar-refractivity contribution in [2.24, 2.45) is 17.8 Å². The van der Waals surface area contributed by atoms with Crippen LogP contribution in [0.5, 0.6) is 5.75 Å². The first-order chi connectivity index (χ1) is 12.2. The number of rotatable bonds is 5. The van der Waals surface area contributed by atoms with E-state index in [1.165, 1.54) is 0 Å². The molecule has 0 bridgehead atoms. The third-order valence-corrected chi connectivity index (χ3v) is 6.06. The molecule has 132 valence electrons. The largest absolute Gasteiger partial charge is 0.497 e. The van der Waals surface area contributed by atoms with Crippen molar-refractivity contribution in [3.63, 3.8) is 0 Å². The minimum Gasteiger partial charge on any atom is -0.497 e. The zero-order valence-electron chi connectivity index (χ0n) is 14.7. The molecule has 1 saturated carbocycles. The summed E-state index contributed by atoms with van der Waals surface area (Å²) in [6, 6.07) is 7.83. The highest BCUT2D eigenvalue weighted by atomic mass is 16.5. The number of nitrogens with one attached hydrogen (secondary N) is 1. The van der Waals surface area contributed by atoms with Gasteiger partial charge < -0.3 is 15.2 Å². The zero-order valence-corrected chi connectivity index (χ0v) is 14.7. The highest BCUT2D eigenvalue weighted by molar-refractivity contribution is 5.84. The minimum absolute atomic E-state index is 0.315. The Bertz CT molecular complexity index is 791. The molecule has 0 spiro atoms. The number of fused-ring (bicyclic) bond motifs is 1. The third-order valence-electron chi connectivity index (χ3n) is 6.06. The van der Waals surface area contributed by atoms with E-state index in [1.54, 1.807) is 13.3 Å². The second kappa shape index (κ2) is 6.43. The molecule has 0 amide bonds. The first-order valence-electron chi connectivity index (χ1n) is 9.14. The Morgan fingerprint density at radius 2 is 2.32 bits per heavy atom. The summed E-state index contributed by atoms with van der Waals surface area (Å²) in [5.41, 5.74) is 1.16. The van der Waals surface area contributed by atoms with Crippen LogP contribution in [0.4, 0.5) is 0 Å². The number of ether oxygens (including phenoxy) is 1. The predicted octanol–water partition coefficient (Wildman–Crippen LogP) is 3.25. The molecule has 4 atom stereocenters. The quantitative estimate of drug-likeness (QED) is 0.822. The lowest BCUT2D eigenvalue weighted by Crippen LogP contribution is -2.36. The number of piperidine rings is 1. The van der Waals surface area contributed by atoms with E-state index in [0.717, 1.165) is 54.6 Å². The van der Waals surface area contributed by atoms with Gasteiger partial charge in [0.05, 0.1) is 18.2 Å². The van der Waals surface area contributed by atoms with E-state index in [4.69, 9.17) is 4.74 Å². The summed E-state index contributed by atoms with van der Waals surface area (Å²) in [5, 5.41) is 15.7. The maximum Gasteiger partial charge on any atom is 0.119 e. The van der Waals surface area contributed by atoms with E-state index in [0.29, 0.717) is 17.8 Å². The van der Waals surface area contributed by atoms with Crippen molar-refractivity contribution < 1.29 is 9.84 Å². The summed E-state index contributed by atoms with van der Waals surface area (Å²) < 4.78 is 5.36. The lowest BCUT2D eigenvalue weighted by Gasteiger charge is -2.30. The van der Waals surface area contributed by atoms with Gasteiger partial charge in [-0.05, 0) is 73.4 Å². The van der Waals surface area contributed by atoms with E-state index < -0.39 is 5.60 Å². The zero-order chi connectivity index (χ0) is 17.4. The van der Waals surface area contributed by atoms with Gasteiger partial charge in [0.2, 0.25) is 0 Å². The molecule has 2 aliphatic rings. The number of methoxy groups -OCH3 is 1. The number of benzene rings is 1. The van der Waals surface area contributed by atoms with Crippen molar-refractivity contribution in [3.05, 3.63) is 48.7 Å². The van der Waals surface area contributed by atoms with Crippen molar-refractivity contribution in [1.82, 2.24) is 10.3 Å². The van der Waals surface area contributed by atoms with Gasteiger partial charge in [-0.25, -0.2) is 0 Å². The van der Waals surface area contributed by atoms with Crippen molar-refractivity contribution in [3.8, 4) is 5.75 Å². The molecule has 2 aromatic rings. The Morgan fingerprint density at radius 1 is 1.44 bits per heavy atom. The Hall–Kier alpha value is -1.91. The topological polar surface area (TPSA) is 54.4 Å². The van der Waals surface area contributed by atoms with Crippen LogP contribution in [0.3, 0.4) is 0 Å². The second-order valence-electron chi connectivity index (χ2n) is 7.46. The summed E-state index contributed by atoms with van der Waals surface area (Å²) in [6.07, 6.45) is 6.92. The molecule has 1 aliphatic heterocycles. The first kappa shape index (κ1) is 16.6. The standard InChI is InChI=1S/C21H26N2O2/c1-3-14-13-22-8-6-15(14)10-16-12-21(16,24)19-7-9-23-20-5-4-17(25-2)11-18(19)20/h3-5,7,9,11,14-16,22,24H,1,6,8,10,12-13H2,2H3/t14?,15?,16?,21-/m0/s1. The molecule has 1 aromatic heterocycles. The Kier molecular flexibility index (Phi) is 4.26. The lowest BCUT2D eigenvalue weighted by molar-refractivity contribution is 0.120. The molecule has 0 radical (unpaired) electrons. The molecule has 25 heavy (non-hydrogen) atoms. The number of pyridine rings is 1. The maximum atomic E-state index is 11.3. The van der Waals surface area contributed by atoms with Crippen LogP contribution >= 0.6 is 0 Å². The average molecular weight is 338 g/mol. The van der Waals surface area contributed by atoms with E-state index in [9.17, 15) is 5.11 Å². The third kappa shape index (κ3) is 2.94. The molecule has 4 nitrogen and oxygen atoms in total. The Balaban J connectivity index is 1.60. The summed E-state index contributed by atoms with van der Waals surface area (Å²) in [4.78, 5) is 4.44. The molecule has 4 rings (SSSR count). The first-order valence-corrected chi connectivity index (χ1v) is 9.14. The van der Waals surface area contributed by atoms with Crippen molar-refractivity contribution in [1.29, 1.82) is 0 Å². The van der Waals surface area contributed by atoms with Crippen molar-refractivity contribution in [2.45, 2.75) is 24.9 Å². The normalized spacial score (nSPS) is 31.7. The summed E-state index contributed by atoms with van der Waals surface area (Å²) >= 11 is 0. The highest BCUT2D eigenvalue weighted by Crippen LogP contribution is 2.57. The second-order valence-corrected chi connectivity index (χ2v) is 7.46. The van der Waals surface area contributed by atoms with Gasteiger partial charge in [0, 0.05) is 18.1 Å². The summed E-state index contributed by atoms with van der Waals surface area (Å²) in [6.45, 7) is 6.07. The average Bonchev–Trinajstić information content (AvgIpc) is 3.31. The van der Waals surface area contributed by atoms with Gasteiger partial charge in [0.1, 0.15) is 5.75 Å². The van der Waals surface area contributed by atoms with Crippen LogP contribution in [-0.4, -0.2) is 30.3 Å². The molecule has 4 heteroatoms. The fourth-order valence-electron chi connectivity index (χ4n) is 4.43. The SMILES string of the molecule is C=CC1CNCCC1CC1C[C@@]1(O)c1ccnc2ccc(OC)cc12. The van der Waals surface area contributed by atoms with Gasteiger partial charge in [0.25, 0.3) is 0 Å². The fraction of sp³-hybridized carbons (Fsp3) is 0.476. The van der Waals surface area contributed by atoms with Crippen LogP contribution in [-0.2, 0) is 5.60 Å². The van der Waals surface area contributed by atoms with Gasteiger partial charge in [-0.2, -0.15) is 0 Å². The van der Waals surface area contributed by atoms with Gasteiger partial charge >= 0.3 is 0 Å². The van der Waals surface area contributed by atoms with Gasteiger partial charge in [-0.15, -0.1) is 6.58 Å². The molecule has 2 fully saturated rings. The molecule has 2 N–H and O–H groups in total. The van der Waals surface area contributed by atoms with Gasteiger partial charge in [0.15, 0.2) is 0 Å². The molecule has 2 heterocycles. The van der Waals surface area contributed by atoms with Gasteiger partial charge in [-0.1, -0.05) is 6.08 Å². The van der Waals surface area contributed by atoms with Crippen LogP contribution < -0.4 is 10.1 Å². The summed E-state index contributed by atoms with van der Waals surface area (Å²) in [7, 11) is 1.67. The van der Waals surface area contributed by atoms with Crippen molar-refractivity contribution >= 4 is 10.9 Å². The van der Waals surface area contributed by atoms with Crippen LogP contribution in [0.15, 0.2) is 43.1 Å². The van der Waals surface area contributed by atoms with E-state index in [2.05, 4.69) is 23.0 Å². The van der Waals surface area contributed by atoms with Crippen LogP contribution in [0.1, 0.15) is 24.8 Å². The predicted molar refractivity (Wildman–Crippen MR) is 99.6 cm³/mol. The van der Waals surface area contributed by atoms with Crippen LogP contribution in [0.25, 0.3) is 10.9 Å². The maximum absolute atomic E-state index is 11.3. The number of nitrogens with zero attached hydrogens (tertiary/aromatic N) is 1. The number of aromatic nitrogens is 1. The van der Waals surface area contributed by atoms with Crippen LogP contribution in [0, 0.1) is 17.8 Å². The molecule has 1 saturated heterocycles. The Labute approximate surface area is 148 Å². The number of aliphatic hydroxyl groups is 1. The smallest absolute Gasteiger partial charge is 0.119 e. The van der Waals surface area contributed by atoms with Gasteiger partial charge in [-0.3, -0.25) is 4.98 Å². The molecule has 1 aromatic carbocycles. The number of hydrogen-bond donors (Lipinski definition) is 2. The van der Waals surface area contributed by atoms with E-state index >= 15 is 0 Å². The molecular weight excluding hydrogens is 312 g/mol. The monoisotopic (exact) mass is 338 g/mol. The highest BCUT2D eigenvalue weighted by Gasteiger charge is 2.55. The minimum atomic E-state index is -0.732. The molecule has 1 aliphatic carbocycles. The molecule has 3 unspecified atom stereocenters. The van der Waals surface area contributed by atoms with E-state index in [-0.39, 0.29) is 0 Å². The van der Waals surface area contributed by atoms with Crippen LogP contribution in [0.2, 0.25) is 0 Å². The summed E-state index contributed by atoms with van der Waals surface area (Å²) in [5.74, 6) is 2.23. The Morgan fingerprint density at radius 3 is 3.12 bits per heavy atom. The van der Waals surface area contributed by atoms with E-state index in [1.807, 2.05) is 24.3 Å². The fourth-order valence-corrected chi connectivity index (χ4v) is 4.43. The lowest BCUT2D eigenvalue weighted by atomic mass is 9.82.